The van der Waals surface area contributed by atoms with Gasteiger partial charge in [0.1, 0.15) is 6.29 Å². The Morgan fingerprint density at radius 3 is 1.97 bits per heavy atom. The highest BCUT2D eigenvalue weighted by atomic mass is 16.2. The molecule has 1 fully saturated rings. The molecular weight excluding hydrogens is 468 g/mol. The van der Waals surface area contributed by atoms with E-state index in [0.717, 1.165) is 6.29 Å². The van der Waals surface area contributed by atoms with E-state index >= 15 is 0 Å². The lowest BCUT2D eigenvalue weighted by molar-refractivity contribution is -0.153. The van der Waals surface area contributed by atoms with Crippen LogP contribution in [0.4, 0.5) is 0 Å². The molecule has 3 amide bonds. The lowest BCUT2D eigenvalue weighted by atomic mass is 9.55. The van der Waals surface area contributed by atoms with Crippen LogP contribution in [0.3, 0.4) is 0 Å². The van der Waals surface area contributed by atoms with Crippen molar-refractivity contribution in [3.05, 3.63) is 0 Å². The fourth-order valence-corrected chi connectivity index (χ4v) is 5.16. The molecule has 0 aromatic carbocycles. The van der Waals surface area contributed by atoms with Crippen LogP contribution in [-0.4, -0.2) is 78.6 Å². The number of amides is 3. The molecule has 1 rings (SSSR count). The largest absolute Gasteiger partial charge is 0.355 e. The minimum Gasteiger partial charge on any atom is -0.355 e. The van der Waals surface area contributed by atoms with Crippen LogP contribution in [0.2, 0.25) is 0 Å². The number of hydrogen-bond donors (Lipinski definition) is 2. The molecule has 0 radical (unpaired) electrons. The molecule has 3 atom stereocenters. The lowest BCUT2D eigenvalue weighted by Gasteiger charge is -2.50. The Kier molecular flexibility index (Phi) is 10.6. The van der Waals surface area contributed by atoms with Crippen molar-refractivity contribution < 1.29 is 19.2 Å². The highest BCUT2D eigenvalue weighted by molar-refractivity contribution is 5.88. The number of aldehydes is 1. The molecule has 2 N–H and O–H groups in total. The van der Waals surface area contributed by atoms with Gasteiger partial charge < -0.3 is 20.3 Å². The lowest BCUT2D eigenvalue weighted by Crippen LogP contribution is -2.53. The number of rotatable bonds is 14. The number of carbonyl (C=O) groups excluding carboxylic acids is 4. The minimum atomic E-state index is -0.633. The fraction of sp³-hybridized carbons (Fsp3) is 0.862. The molecule has 8 nitrogen and oxygen atoms in total. The van der Waals surface area contributed by atoms with Gasteiger partial charge >= 0.3 is 0 Å². The topological polar surface area (TPSA) is 98.6 Å². The highest BCUT2D eigenvalue weighted by Gasteiger charge is 2.63. The summed E-state index contributed by atoms with van der Waals surface area (Å²) < 4.78 is 0. The number of nitrogens with zero attached hydrogens (tertiary/aromatic N) is 2. The van der Waals surface area contributed by atoms with Crippen molar-refractivity contribution in [1.29, 1.82) is 0 Å². The average Bonchev–Trinajstić information content (AvgIpc) is 3.32. The van der Waals surface area contributed by atoms with E-state index in [0.29, 0.717) is 44.9 Å². The van der Waals surface area contributed by atoms with E-state index in [9.17, 15) is 19.2 Å². The molecule has 0 aromatic rings. The van der Waals surface area contributed by atoms with Crippen LogP contribution in [0.1, 0.15) is 95.4 Å². The summed E-state index contributed by atoms with van der Waals surface area (Å²) in [5, 5.41) is 5.82. The van der Waals surface area contributed by atoms with Crippen molar-refractivity contribution in [2.45, 2.75) is 107 Å². The molecule has 0 bridgehead atoms. The standard InChI is InChI=1S/C29H54N4O4/c1-21-29(11,26(5,6)20-34)33(21)18-17-31-22(35)15-13-14-16-30-23(36)19-32(12)24(37)27(7,8)28(9,10)25(2,3)4/h20-21H,13-19H2,1-12H3,(H,30,36)(H,31,35). The molecule has 0 aliphatic carbocycles. The summed E-state index contributed by atoms with van der Waals surface area (Å²) in [4.78, 5) is 53.0. The van der Waals surface area contributed by atoms with E-state index in [2.05, 4.69) is 64.0 Å². The van der Waals surface area contributed by atoms with Crippen LogP contribution in [0.25, 0.3) is 0 Å². The quantitative estimate of drug-likeness (QED) is 0.206. The molecule has 1 aliphatic heterocycles. The molecular formula is C29H54N4O4. The molecule has 1 heterocycles. The summed E-state index contributed by atoms with van der Waals surface area (Å²) in [6, 6.07) is 0.304. The first kappa shape index (κ1) is 33.1. The molecule has 0 saturated carbocycles. The smallest absolute Gasteiger partial charge is 0.239 e. The third-order valence-corrected chi connectivity index (χ3v) is 9.94. The van der Waals surface area contributed by atoms with Crippen molar-refractivity contribution in [3.8, 4) is 0 Å². The molecule has 0 spiro atoms. The number of likely N-dealkylation sites (N-methyl/N-ethyl adjacent to an activating group) is 1. The van der Waals surface area contributed by atoms with Gasteiger partial charge in [-0.25, -0.2) is 0 Å². The second-order valence-corrected chi connectivity index (χ2v) is 13.7. The van der Waals surface area contributed by atoms with Gasteiger partial charge in [0.25, 0.3) is 0 Å². The average molecular weight is 523 g/mol. The first-order valence-electron chi connectivity index (χ1n) is 13.7. The Labute approximate surface area is 225 Å². The molecule has 8 heteroatoms. The zero-order valence-electron chi connectivity index (χ0n) is 25.6. The second-order valence-electron chi connectivity index (χ2n) is 13.7. The van der Waals surface area contributed by atoms with Gasteiger partial charge in [0.2, 0.25) is 17.7 Å². The zero-order chi connectivity index (χ0) is 29.0. The Morgan fingerprint density at radius 1 is 0.919 bits per heavy atom. The second kappa shape index (κ2) is 11.8. The van der Waals surface area contributed by atoms with E-state index in [1.165, 1.54) is 4.90 Å². The van der Waals surface area contributed by atoms with Gasteiger partial charge in [-0.15, -0.1) is 0 Å². The monoisotopic (exact) mass is 522 g/mol. The molecule has 37 heavy (non-hydrogen) atoms. The Balaban J connectivity index is 2.31. The third-order valence-electron chi connectivity index (χ3n) is 9.94. The first-order valence-corrected chi connectivity index (χ1v) is 13.7. The molecule has 1 saturated heterocycles. The summed E-state index contributed by atoms with van der Waals surface area (Å²) in [5.74, 6) is -0.254. The summed E-state index contributed by atoms with van der Waals surface area (Å²) in [7, 11) is 1.67. The number of nitrogens with one attached hydrogen (secondary N) is 2. The van der Waals surface area contributed by atoms with Crippen LogP contribution in [0.5, 0.6) is 0 Å². The van der Waals surface area contributed by atoms with Gasteiger partial charge in [0.05, 0.1) is 6.54 Å². The summed E-state index contributed by atoms with van der Waals surface area (Å²) in [5.41, 5.74) is -1.59. The number of unbranched alkanes of at least 4 members (excludes halogenated alkanes) is 1. The molecule has 214 valence electrons. The van der Waals surface area contributed by atoms with E-state index in [1.54, 1.807) is 7.05 Å². The van der Waals surface area contributed by atoms with Crippen LogP contribution in [0.15, 0.2) is 0 Å². The first-order chi connectivity index (χ1) is 16.7. The SMILES string of the molecule is CC1N(CCNC(=O)CCCCNC(=O)CN(C)C(=O)C(C)(C)C(C)(C)C(C)(C)C)C1(C)C(C)(C)C=O. The Morgan fingerprint density at radius 2 is 1.46 bits per heavy atom. The third kappa shape index (κ3) is 7.12. The van der Waals surface area contributed by atoms with Gasteiger partial charge in [-0.2, -0.15) is 0 Å². The molecule has 0 aromatic heterocycles. The van der Waals surface area contributed by atoms with Gasteiger partial charge in [-0.1, -0.05) is 62.3 Å². The number of carbonyl (C=O) groups is 4. The van der Waals surface area contributed by atoms with Crippen LogP contribution < -0.4 is 10.6 Å². The van der Waals surface area contributed by atoms with Gasteiger partial charge in [-0.3, -0.25) is 19.3 Å². The van der Waals surface area contributed by atoms with Gasteiger partial charge in [-0.05, 0) is 37.5 Å². The minimum absolute atomic E-state index is 0.00814. The van der Waals surface area contributed by atoms with E-state index in [-0.39, 0.29) is 40.6 Å². The van der Waals surface area contributed by atoms with Crippen LogP contribution >= 0.6 is 0 Å². The molecule has 1 aliphatic rings. The fourth-order valence-electron chi connectivity index (χ4n) is 5.16. The predicted octanol–water partition coefficient (Wildman–Crippen LogP) is 3.63. The maximum Gasteiger partial charge on any atom is 0.239 e. The van der Waals surface area contributed by atoms with E-state index in [4.69, 9.17) is 0 Å². The van der Waals surface area contributed by atoms with E-state index < -0.39 is 10.8 Å². The van der Waals surface area contributed by atoms with Crippen LogP contribution in [0, 0.1) is 21.7 Å². The normalized spacial score (nSPS) is 22.3. The maximum absolute atomic E-state index is 13.2. The Bertz CT molecular complexity index is 843. The zero-order valence-corrected chi connectivity index (χ0v) is 25.6. The van der Waals surface area contributed by atoms with Gasteiger partial charge in [0, 0.05) is 55.5 Å². The summed E-state index contributed by atoms with van der Waals surface area (Å²) in [6.07, 6.45) is 2.78. The van der Waals surface area contributed by atoms with Crippen molar-refractivity contribution in [1.82, 2.24) is 20.4 Å². The Hall–Kier alpha value is -1.96. The maximum atomic E-state index is 13.2. The highest BCUT2D eigenvalue weighted by Crippen LogP contribution is 2.52. The van der Waals surface area contributed by atoms with Crippen LogP contribution in [-0.2, 0) is 19.2 Å². The van der Waals surface area contributed by atoms with Crippen molar-refractivity contribution in [2.24, 2.45) is 21.7 Å². The van der Waals surface area contributed by atoms with E-state index in [1.807, 2.05) is 27.7 Å². The summed E-state index contributed by atoms with van der Waals surface area (Å²) >= 11 is 0. The summed E-state index contributed by atoms with van der Waals surface area (Å²) in [6.45, 7) is 24.4. The van der Waals surface area contributed by atoms with Crippen molar-refractivity contribution >= 4 is 24.0 Å². The van der Waals surface area contributed by atoms with Crippen molar-refractivity contribution in [2.75, 3.05) is 33.2 Å². The predicted molar refractivity (Wildman–Crippen MR) is 149 cm³/mol. The van der Waals surface area contributed by atoms with Crippen molar-refractivity contribution in [3.63, 3.8) is 0 Å². The number of hydrogen-bond acceptors (Lipinski definition) is 5. The molecule has 3 unspecified atom stereocenters. The van der Waals surface area contributed by atoms with Gasteiger partial charge in [0.15, 0.2) is 0 Å².